The van der Waals surface area contributed by atoms with Gasteiger partial charge in [-0.25, -0.2) is 0 Å². The molecule has 138 valence electrons. The van der Waals surface area contributed by atoms with Gasteiger partial charge in [-0.15, -0.1) is 0 Å². The van der Waals surface area contributed by atoms with E-state index in [0.717, 1.165) is 0 Å². The number of fused-ring (bicyclic) bond motifs is 2. The van der Waals surface area contributed by atoms with Gasteiger partial charge in [0.05, 0.1) is 0 Å². The molecule has 0 spiro atoms. The maximum atomic E-state index is 2.49. The van der Waals surface area contributed by atoms with Crippen molar-refractivity contribution in [3.05, 3.63) is 46.5 Å². The minimum absolute atomic E-state index is 0.0930. The molecule has 0 fully saturated rings. The highest BCUT2D eigenvalue weighted by atomic mass is 31.1. The first-order valence-electron chi connectivity index (χ1n) is 10.2. The number of rotatable bonds is 3. The summed E-state index contributed by atoms with van der Waals surface area (Å²) in [7, 11) is -0.186. The van der Waals surface area contributed by atoms with E-state index < -0.39 is 0 Å². The van der Waals surface area contributed by atoms with Gasteiger partial charge >= 0.3 is 0 Å². The molecule has 2 aromatic carbocycles. The molecule has 0 atom stereocenters. The first-order chi connectivity index (χ1) is 12.6. The second-order valence-electron chi connectivity index (χ2n) is 8.40. The molecule has 0 unspecified atom stereocenters. The largest absolute Gasteiger partial charge is 0.0810 e. The van der Waals surface area contributed by atoms with E-state index in [9.17, 15) is 0 Å². The lowest BCUT2D eigenvalue weighted by atomic mass is 9.81. The second-order valence-corrected chi connectivity index (χ2v) is 12.9. The van der Waals surface area contributed by atoms with Crippen LogP contribution in [0.3, 0.4) is 0 Å². The van der Waals surface area contributed by atoms with Gasteiger partial charge in [-0.2, -0.15) is 0 Å². The van der Waals surface area contributed by atoms with E-state index in [-0.39, 0.29) is 15.8 Å². The van der Waals surface area contributed by atoms with Gasteiger partial charge in [0.1, 0.15) is 0 Å². The molecule has 4 rings (SSSR count). The maximum absolute atomic E-state index is 2.49. The molecule has 0 nitrogen and oxygen atoms in total. The predicted molar refractivity (Wildman–Crippen MR) is 122 cm³/mol. The molecule has 0 radical (unpaired) electrons. The fourth-order valence-electron chi connectivity index (χ4n) is 4.93. The van der Waals surface area contributed by atoms with Crippen molar-refractivity contribution in [1.29, 1.82) is 0 Å². The Balaban J connectivity index is 2.06. The molecule has 2 heteroatoms. The molecule has 0 aromatic heterocycles. The van der Waals surface area contributed by atoms with Crippen molar-refractivity contribution in [3.8, 4) is 11.1 Å². The molecule has 0 aliphatic heterocycles. The first-order valence-corrected chi connectivity index (χ1v) is 14.7. The van der Waals surface area contributed by atoms with Gasteiger partial charge in [0.2, 0.25) is 0 Å². The van der Waals surface area contributed by atoms with Crippen molar-refractivity contribution < 1.29 is 0 Å². The van der Waals surface area contributed by atoms with Gasteiger partial charge in [0.25, 0.3) is 0 Å². The molecule has 0 N–H and O–H groups in total. The fourth-order valence-corrected chi connectivity index (χ4v) is 7.07. The molecule has 0 saturated heterocycles. The molecule has 2 aliphatic carbocycles. The molecule has 0 saturated carbocycles. The molecular weight excluding hydrogens is 350 g/mol. The predicted octanol–water partition coefficient (Wildman–Crippen LogP) is 5.84. The Bertz CT molecular complexity index is 748. The van der Waals surface area contributed by atoms with Crippen LogP contribution >= 0.6 is 15.8 Å². The molecule has 0 heterocycles. The molecule has 0 bridgehead atoms. The Kier molecular flexibility index (Phi) is 5.55. The smallest absolute Gasteiger partial charge is 0.00630 e. The molecule has 0 amide bonds. The number of benzene rings is 2. The zero-order valence-electron chi connectivity index (χ0n) is 16.9. The summed E-state index contributed by atoms with van der Waals surface area (Å²) in [6, 6.07) is 9.91. The minimum atomic E-state index is -0.0930. The van der Waals surface area contributed by atoms with E-state index in [2.05, 4.69) is 50.9 Å². The molecular formula is C24H32P2. The second kappa shape index (κ2) is 7.73. The monoisotopic (exact) mass is 382 g/mol. The highest BCUT2D eigenvalue weighted by molar-refractivity contribution is 7.65. The van der Waals surface area contributed by atoms with E-state index in [1.54, 1.807) is 44.0 Å². The summed E-state index contributed by atoms with van der Waals surface area (Å²) >= 11 is 0. The SMILES string of the molecule is CP(C)c1ccc2c(c1-c1c(P(C)C)ccc3c1CCCC3)CCCC2. The summed E-state index contributed by atoms with van der Waals surface area (Å²) in [6.07, 6.45) is 10.6. The fraction of sp³-hybridized carbons (Fsp3) is 0.500. The minimum Gasteiger partial charge on any atom is -0.0810 e. The van der Waals surface area contributed by atoms with Crippen LogP contribution in [-0.4, -0.2) is 26.7 Å². The van der Waals surface area contributed by atoms with Crippen molar-refractivity contribution in [2.75, 3.05) is 26.7 Å². The van der Waals surface area contributed by atoms with E-state index in [1.807, 2.05) is 0 Å². The Labute approximate surface area is 162 Å². The van der Waals surface area contributed by atoms with E-state index in [4.69, 9.17) is 0 Å². The normalized spacial score (nSPS) is 16.7. The molecule has 2 aliphatic rings. The van der Waals surface area contributed by atoms with Crippen molar-refractivity contribution in [3.63, 3.8) is 0 Å². The average Bonchev–Trinajstić information content (AvgIpc) is 2.66. The Morgan fingerprint density at radius 1 is 0.538 bits per heavy atom. The molecule has 2 aromatic rings. The first kappa shape index (κ1) is 18.7. The van der Waals surface area contributed by atoms with E-state index >= 15 is 0 Å². The van der Waals surface area contributed by atoms with Crippen molar-refractivity contribution in [1.82, 2.24) is 0 Å². The highest BCUT2D eigenvalue weighted by Gasteiger charge is 2.26. The van der Waals surface area contributed by atoms with Crippen molar-refractivity contribution in [2.45, 2.75) is 51.4 Å². The standard InChI is InChI=1S/C24H32P2/c1-25(2)21-15-13-17-9-5-7-11-19(17)23(21)24-20-12-8-6-10-18(20)14-16-22(24)26(3)4/h13-16H,5-12H2,1-4H3. The van der Waals surface area contributed by atoms with Crippen molar-refractivity contribution in [2.24, 2.45) is 0 Å². The van der Waals surface area contributed by atoms with Gasteiger partial charge in [-0.3, -0.25) is 0 Å². The van der Waals surface area contributed by atoms with E-state index in [0.29, 0.717) is 0 Å². The Morgan fingerprint density at radius 2 is 0.923 bits per heavy atom. The van der Waals surface area contributed by atoms with Crippen molar-refractivity contribution >= 4 is 26.5 Å². The van der Waals surface area contributed by atoms with Crippen LogP contribution in [0, 0.1) is 0 Å². The van der Waals surface area contributed by atoms with Crippen LogP contribution in [0.25, 0.3) is 11.1 Å². The van der Waals surface area contributed by atoms with Crippen LogP contribution < -0.4 is 10.6 Å². The quantitative estimate of drug-likeness (QED) is 0.585. The topological polar surface area (TPSA) is 0 Å². The molecule has 26 heavy (non-hydrogen) atoms. The summed E-state index contributed by atoms with van der Waals surface area (Å²) in [5.74, 6) is 0. The van der Waals surface area contributed by atoms with Gasteiger partial charge < -0.3 is 0 Å². The van der Waals surface area contributed by atoms with Gasteiger partial charge in [-0.1, -0.05) is 40.1 Å². The van der Waals surface area contributed by atoms with Crippen LogP contribution in [0.5, 0.6) is 0 Å². The summed E-state index contributed by atoms with van der Waals surface area (Å²) < 4.78 is 0. The summed E-state index contributed by atoms with van der Waals surface area (Å²) in [6.45, 7) is 9.77. The zero-order valence-corrected chi connectivity index (χ0v) is 18.6. The van der Waals surface area contributed by atoms with Gasteiger partial charge in [0, 0.05) is 0 Å². The summed E-state index contributed by atoms with van der Waals surface area (Å²) in [5.41, 5.74) is 10.1. The Morgan fingerprint density at radius 3 is 1.31 bits per heavy atom. The van der Waals surface area contributed by atoms with Crippen LogP contribution in [0.1, 0.15) is 47.9 Å². The van der Waals surface area contributed by atoms with Crippen LogP contribution in [0.15, 0.2) is 24.3 Å². The van der Waals surface area contributed by atoms with Gasteiger partial charge in [0.15, 0.2) is 0 Å². The number of aryl methyl sites for hydroxylation is 2. The third kappa shape index (κ3) is 3.30. The zero-order chi connectivity index (χ0) is 18.3. The Hall–Kier alpha value is -0.700. The lowest BCUT2D eigenvalue weighted by Gasteiger charge is -2.30. The average molecular weight is 382 g/mol. The lowest BCUT2D eigenvalue weighted by molar-refractivity contribution is 0.682. The van der Waals surface area contributed by atoms with Crippen LogP contribution in [0.4, 0.5) is 0 Å². The number of hydrogen-bond acceptors (Lipinski definition) is 0. The summed E-state index contributed by atoms with van der Waals surface area (Å²) in [4.78, 5) is 0. The number of hydrogen-bond donors (Lipinski definition) is 0. The van der Waals surface area contributed by atoms with E-state index in [1.165, 1.54) is 51.4 Å². The highest BCUT2D eigenvalue weighted by Crippen LogP contribution is 2.43. The van der Waals surface area contributed by atoms with Gasteiger partial charge in [-0.05, 0) is 122 Å². The lowest BCUT2D eigenvalue weighted by Crippen LogP contribution is -2.20. The maximum Gasteiger partial charge on any atom is -0.00630 e. The third-order valence-electron chi connectivity index (χ3n) is 6.24. The third-order valence-corrected chi connectivity index (χ3v) is 8.91. The van der Waals surface area contributed by atoms with Crippen LogP contribution in [-0.2, 0) is 25.7 Å². The summed E-state index contributed by atoms with van der Waals surface area (Å²) in [5, 5.41) is 3.30. The van der Waals surface area contributed by atoms with Crippen LogP contribution in [0.2, 0.25) is 0 Å².